The van der Waals surface area contributed by atoms with Gasteiger partial charge in [-0.3, -0.25) is 9.59 Å². The Morgan fingerprint density at radius 3 is 2.24 bits per heavy atom. The molecular formula is C12H18N2O2S. The number of nitrogen functional groups attached to an aromatic ring is 1. The van der Waals surface area contributed by atoms with E-state index in [-0.39, 0.29) is 17.6 Å². The highest BCUT2D eigenvalue weighted by Gasteiger charge is 2.25. The first-order chi connectivity index (χ1) is 7.77. The summed E-state index contributed by atoms with van der Waals surface area (Å²) < 4.78 is 0. The molecule has 4 nitrogen and oxygen atoms in total. The number of thiophene rings is 1. The van der Waals surface area contributed by atoms with E-state index in [2.05, 4.69) is 0 Å². The molecule has 0 saturated heterocycles. The first kappa shape index (κ1) is 13.7. The number of Topliss-reactive ketones (excluding diaryl/α,β-unsaturated/α-hetero) is 1. The number of carbonyl (C=O) groups excluding carboxylic acids is 2. The van der Waals surface area contributed by atoms with Gasteiger partial charge < -0.3 is 10.6 Å². The van der Waals surface area contributed by atoms with Gasteiger partial charge in [0.25, 0.3) is 5.91 Å². The third kappa shape index (κ3) is 2.49. The summed E-state index contributed by atoms with van der Waals surface area (Å²) in [5.74, 6) is -0.232. The lowest BCUT2D eigenvalue weighted by Gasteiger charge is -2.09. The van der Waals surface area contributed by atoms with Crippen molar-refractivity contribution in [1.29, 1.82) is 0 Å². The topological polar surface area (TPSA) is 63.4 Å². The second-order valence-corrected chi connectivity index (χ2v) is 5.57. The van der Waals surface area contributed by atoms with Crippen LogP contribution in [0, 0.1) is 12.8 Å². The van der Waals surface area contributed by atoms with Crippen molar-refractivity contribution in [3.63, 3.8) is 0 Å². The molecule has 1 aromatic heterocycles. The van der Waals surface area contributed by atoms with Gasteiger partial charge in [-0.2, -0.15) is 0 Å². The molecule has 0 aliphatic rings. The lowest BCUT2D eigenvalue weighted by atomic mass is 9.99. The molecule has 0 atom stereocenters. The average Bonchev–Trinajstić information content (AvgIpc) is 2.52. The Morgan fingerprint density at radius 1 is 1.29 bits per heavy atom. The Labute approximate surface area is 105 Å². The summed E-state index contributed by atoms with van der Waals surface area (Å²) in [5, 5.41) is 0.436. The maximum absolute atomic E-state index is 12.0. The third-order valence-electron chi connectivity index (χ3n) is 2.55. The first-order valence-corrected chi connectivity index (χ1v) is 6.23. The number of anilines is 1. The van der Waals surface area contributed by atoms with Crippen LogP contribution in [0.3, 0.4) is 0 Å². The Hall–Kier alpha value is -1.36. The highest BCUT2D eigenvalue weighted by molar-refractivity contribution is 7.18. The first-order valence-electron chi connectivity index (χ1n) is 5.42. The molecule has 0 saturated carbocycles. The Balaban J connectivity index is 3.29. The van der Waals surface area contributed by atoms with Crippen LogP contribution in [0.2, 0.25) is 0 Å². The molecule has 2 N–H and O–H groups in total. The van der Waals surface area contributed by atoms with Crippen molar-refractivity contribution in [2.45, 2.75) is 20.8 Å². The fourth-order valence-electron chi connectivity index (χ4n) is 1.54. The molecule has 0 spiro atoms. The minimum absolute atomic E-state index is 0.00550. The molecule has 0 radical (unpaired) electrons. The molecule has 0 fully saturated rings. The van der Waals surface area contributed by atoms with E-state index in [1.807, 2.05) is 13.8 Å². The zero-order valence-electron chi connectivity index (χ0n) is 10.8. The quantitative estimate of drug-likeness (QED) is 0.841. The number of nitrogens with zero attached hydrogens (tertiary/aromatic N) is 1. The smallest absolute Gasteiger partial charge is 0.263 e. The maximum Gasteiger partial charge on any atom is 0.263 e. The van der Waals surface area contributed by atoms with Gasteiger partial charge in [0.15, 0.2) is 5.78 Å². The van der Waals surface area contributed by atoms with Crippen molar-refractivity contribution in [3.05, 3.63) is 16.0 Å². The van der Waals surface area contributed by atoms with Crippen molar-refractivity contribution >= 4 is 28.0 Å². The molecule has 1 amide bonds. The van der Waals surface area contributed by atoms with Crippen molar-refractivity contribution in [2.24, 2.45) is 5.92 Å². The van der Waals surface area contributed by atoms with Crippen LogP contribution in [0.1, 0.15) is 39.4 Å². The van der Waals surface area contributed by atoms with E-state index in [9.17, 15) is 9.59 Å². The van der Waals surface area contributed by atoms with E-state index in [0.29, 0.717) is 21.0 Å². The minimum Gasteiger partial charge on any atom is -0.390 e. The standard InChI is InChI=1S/C12H18N2O2S/c1-6(2)9(15)8-7(3)10(17-11(8)13)12(16)14(4)5/h6H,13H2,1-5H3. The van der Waals surface area contributed by atoms with Gasteiger partial charge in [-0.1, -0.05) is 13.8 Å². The number of ketones is 1. The highest BCUT2D eigenvalue weighted by atomic mass is 32.1. The molecule has 17 heavy (non-hydrogen) atoms. The van der Waals surface area contributed by atoms with Gasteiger partial charge in [-0.25, -0.2) is 0 Å². The van der Waals surface area contributed by atoms with Crippen LogP contribution < -0.4 is 5.73 Å². The maximum atomic E-state index is 12.0. The zero-order valence-corrected chi connectivity index (χ0v) is 11.6. The van der Waals surface area contributed by atoms with Gasteiger partial charge in [0, 0.05) is 20.0 Å². The number of hydrogen-bond donors (Lipinski definition) is 1. The molecule has 1 heterocycles. The molecule has 1 aromatic rings. The van der Waals surface area contributed by atoms with Crippen LogP contribution in [0.25, 0.3) is 0 Å². The van der Waals surface area contributed by atoms with E-state index in [1.165, 1.54) is 16.2 Å². The van der Waals surface area contributed by atoms with Crippen LogP contribution >= 0.6 is 11.3 Å². The second-order valence-electron chi connectivity index (χ2n) is 4.51. The molecule has 1 rings (SSSR count). The SMILES string of the molecule is Cc1c(C(=O)N(C)C)sc(N)c1C(=O)C(C)C. The molecular weight excluding hydrogens is 236 g/mol. The summed E-state index contributed by atoms with van der Waals surface area (Å²) >= 11 is 1.19. The number of hydrogen-bond acceptors (Lipinski definition) is 4. The fourth-order valence-corrected chi connectivity index (χ4v) is 2.64. The number of nitrogens with two attached hydrogens (primary N) is 1. The monoisotopic (exact) mass is 254 g/mol. The van der Waals surface area contributed by atoms with Crippen LogP contribution in [-0.4, -0.2) is 30.7 Å². The number of carbonyl (C=O) groups is 2. The van der Waals surface area contributed by atoms with E-state index in [0.717, 1.165) is 0 Å². The molecule has 94 valence electrons. The van der Waals surface area contributed by atoms with Gasteiger partial charge in [-0.05, 0) is 12.5 Å². The molecule has 0 aliphatic heterocycles. The van der Waals surface area contributed by atoms with E-state index >= 15 is 0 Å². The van der Waals surface area contributed by atoms with E-state index in [4.69, 9.17) is 5.73 Å². The van der Waals surface area contributed by atoms with Crippen LogP contribution in [0.5, 0.6) is 0 Å². The normalized spacial score (nSPS) is 10.7. The largest absolute Gasteiger partial charge is 0.390 e. The minimum atomic E-state index is -0.118. The third-order valence-corrected chi connectivity index (χ3v) is 3.65. The summed E-state index contributed by atoms with van der Waals surface area (Å²) in [5.41, 5.74) is 7.05. The lowest BCUT2D eigenvalue weighted by Crippen LogP contribution is -2.21. The summed E-state index contributed by atoms with van der Waals surface area (Å²) in [6.07, 6.45) is 0. The van der Waals surface area contributed by atoms with Gasteiger partial charge >= 0.3 is 0 Å². The van der Waals surface area contributed by atoms with Crippen molar-refractivity contribution in [2.75, 3.05) is 19.8 Å². The van der Waals surface area contributed by atoms with Crippen molar-refractivity contribution in [1.82, 2.24) is 4.90 Å². The molecule has 5 heteroatoms. The van der Waals surface area contributed by atoms with Crippen molar-refractivity contribution < 1.29 is 9.59 Å². The van der Waals surface area contributed by atoms with Gasteiger partial charge in [0.05, 0.1) is 15.4 Å². The summed E-state index contributed by atoms with van der Waals surface area (Å²) in [4.78, 5) is 25.9. The van der Waals surface area contributed by atoms with E-state index in [1.54, 1.807) is 21.0 Å². The van der Waals surface area contributed by atoms with Crippen LogP contribution in [0.15, 0.2) is 0 Å². The lowest BCUT2D eigenvalue weighted by molar-refractivity contribution is 0.0831. The number of rotatable bonds is 3. The van der Waals surface area contributed by atoms with Gasteiger partial charge in [0.1, 0.15) is 0 Å². The Morgan fingerprint density at radius 2 is 1.82 bits per heavy atom. The summed E-state index contributed by atoms with van der Waals surface area (Å²) in [7, 11) is 3.36. The summed E-state index contributed by atoms with van der Waals surface area (Å²) in [6, 6.07) is 0. The zero-order chi connectivity index (χ0) is 13.3. The highest BCUT2D eigenvalue weighted by Crippen LogP contribution is 2.32. The Kier molecular flexibility index (Phi) is 3.93. The fraction of sp³-hybridized carbons (Fsp3) is 0.500. The average molecular weight is 254 g/mol. The van der Waals surface area contributed by atoms with Crippen LogP contribution in [0.4, 0.5) is 5.00 Å². The summed E-state index contributed by atoms with van der Waals surface area (Å²) in [6.45, 7) is 5.43. The molecule has 0 aliphatic carbocycles. The second kappa shape index (κ2) is 4.87. The number of amides is 1. The van der Waals surface area contributed by atoms with Crippen LogP contribution in [-0.2, 0) is 0 Å². The van der Waals surface area contributed by atoms with E-state index < -0.39 is 0 Å². The van der Waals surface area contributed by atoms with Gasteiger partial charge in [0.2, 0.25) is 0 Å². The predicted octanol–water partition coefficient (Wildman–Crippen LogP) is 2.18. The van der Waals surface area contributed by atoms with Crippen molar-refractivity contribution in [3.8, 4) is 0 Å². The molecule has 0 bridgehead atoms. The Bertz CT molecular complexity index is 461. The molecule has 0 unspecified atom stereocenters. The predicted molar refractivity (Wildman–Crippen MR) is 70.7 cm³/mol. The van der Waals surface area contributed by atoms with Gasteiger partial charge in [-0.15, -0.1) is 11.3 Å². The molecule has 0 aromatic carbocycles.